The number of pyridine rings is 2. The van der Waals surface area contributed by atoms with Crippen molar-refractivity contribution in [2.45, 2.75) is 6.54 Å². The zero-order valence-electron chi connectivity index (χ0n) is 13.6. The summed E-state index contributed by atoms with van der Waals surface area (Å²) in [5.74, 6) is 0.641. The van der Waals surface area contributed by atoms with Crippen molar-refractivity contribution in [1.82, 2.24) is 9.55 Å². The van der Waals surface area contributed by atoms with Gasteiger partial charge in [-0.2, -0.15) is 0 Å². The summed E-state index contributed by atoms with van der Waals surface area (Å²) in [5.41, 5.74) is 1.15. The van der Waals surface area contributed by atoms with Gasteiger partial charge >= 0.3 is 5.97 Å². The van der Waals surface area contributed by atoms with E-state index in [0.717, 1.165) is 5.56 Å². The Bertz CT molecular complexity index is 918. The molecule has 0 amide bonds. The molecule has 0 bridgehead atoms. The summed E-state index contributed by atoms with van der Waals surface area (Å²) in [6.45, 7) is -0.141. The predicted octanol–water partition coefficient (Wildman–Crippen LogP) is 2.88. The van der Waals surface area contributed by atoms with Crippen LogP contribution in [0.2, 0.25) is 0 Å². The summed E-state index contributed by atoms with van der Waals surface area (Å²) in [6.07, 6.45) is 1.65. The van der Waals surface area contributed by atoms with Gasteiger partial charge in [-0.15, -0.1) is 0 Å². The number of carbonyl (C=O) groups is 1. The van der Waals surface area contributed by atoms with Crippen molar-refractivity contribution < 1.29 is 14.3 Å². The second kappa shape index (κ2) is 7.44. The van der Waals surface area contributed by atoms with E-state index >= 15 is 0 Å². The van der Waals surface area contributed by atoms with E-state index in [-0.39, 0.29) is 12.1 Å². The third-order valence-corrected chi connectivity index (χ3v) is 3.57. The van der Waals surface area contributed by atoms with Gasteiger partial charge < -0.3 is 9.47 Å². The van der Waals surface area contributed by atoms with E-state index in [1.807, 2.05) is 24.3 Å². The van der Waals surface area contributed by atoms with Gasteiger partial charge in [0.25, 0.3) is 5.56 Å². The van der Waals surface area contributed by atoms with Gasteiger partial charge in [0.15, 0.2) is 0 Å². The van der Waals surface area contributed by atoms with Crippen LogP contribution in [0, 0.1) is 0 Å². The van der Waals surface area contributed by atoms with Crippen LogP contribution in [-0.4, -0.2) is 22.6 Å². The quantitative estimate of drug-likeness (QED) is 0.670. The lowest BCUT2D eigenvalue weighted by molar-refractivity contribution is -0.141. The summed E-state index contributed by atoms with van der Waals surface area (Å²) in [6, 6.07) is 17.5. The Morgan fingerprint density at radius 2 is 1.84 bits per heavy atom. The molecule has 3 rings (SSSR count). The molecule has 0 spiro atoms. The molecule has 0 N–H and O–H groups in total. The van der Waals surface area contributed by atoms with Crippen molar-refractivity contribution in [1.29, 1.82) is 0 Å². The van der Waals surface area contributed by atoms with E-state index in [1.165, 1.54) is 17.7 Å². The lowest BCUT2D eigenvalue weighted by Crippen LogP contribution is -2.25. The molecule has 3 aromatic rings. The second-order valence-corrected chi connectivity index (χ2v) is 5.21. The SMILES string of the molecule is COC(=O)Cn1c(-c2ccc(Oc3ccccn3)cc2)cccc1=O. The number of carbonyl (C=O) groups excluding carboxylic acids is 1. The molecule has 0 aliphatic rings. The third-order valence-electron chi connectivity index (χ3n) is 3.57. The fourth-order valence-corrected chi connectivity index (χ4v) is 2.35. The van der Waals surface area contributed by atoms with Crippen LogP contribution in [0.4, 0.5) is 0 Å². The first-order chi connectivity index (χ1) is 12.2. The Hall–Kier alpha value is -3.41. The normalized spacial score (nSPS) is 10.3. The summed E-state index contributed by atoms with van der Waals surface area (Å²) in [7, 11) is 1.29. The minimum absolute atomic E-state index is 0.141. The average Bonchev–Trinajstić information content (AvgIpc) is 2.65. The fraction of sp³-hybridized carbons (Fsp3) is 0.105. The third kappa shape index (κ3) is 3.92. The molecule has 0 unspecified atom stereocenters. The molecule has 25 heavy (non-hydrogen) atoms. The summed E-state index contributed by atoms with van der Waals surface area (Å²) in [5, 5.41) is 0. The molecular weight excluding hydrogens is 320 g/mol. The van der Waals surface area contributed by atoms with E-state index in [1.54, 1.807) is 36.5 Å². The Morgan fingerprint density at radius 1 is 1.04 bits per heavy atom. The number of hydrogen-bond acceptors (Lipinski definition) is 5. The van der Waals surface area contributed by atoms with Crippen LogP contribution in [0.3, 0.4) is 0 Å². The maximum absolute atomic E-state index is 12.1. The van der Waals surface area contributed by atoms with Crippen molar-refractivity contribution in [3.63, 3.8) is 0 Å². The van der Waals surface area contributed by atoms with Gasteiger partial charge in [-0.05, 0) is 42.0 Å². The molecule has 0 radical (unpaired) electrons. The zero-order chi connectivity index (χ0) is 17.6. The molecule has 0 fully saturated rings. The van der Waals surface area contributed by atoms with Crippen molar-refractivity contribution >= 4 is 5.97 Å². The van der Waals surface area contributed by atoms with Crippen molar-refractivity contribution in [2.24, 2.45) is 0 Å². The van der Waals surface area contributed by atoms with Gasteiger partial charge in [-0.3, -0.25) is 14.2 Å². The number of rotatable bonds is 5. The number of aromatic nitrogens is 2. The first kappa shape index (κ1) is 16.4. The molecule has 6 heteroatoms. The molecule has 2 heterocycles. The molecule has 2 aromatic heterocycles. The highest BCUT2D eigenvalue weighted by molar-refractivity contribution is 5.71. The molecule has 126 valence electrons. The van der Waals surface area contributed by atoms with Gasteiger partial charge in [-0.1, -0.05) is 12.1 Å². The lowest BCUT2D eigenvalue weighted by Gasteiger charge is -2.12. The van der Waals surface area contributed by atoms with Crippen LogP contribution in [0.5, 0.6) is 11.6 Å². The van der Waals surface area contributed by atoms with Crippen LogP contribution in [-0.2, 0) is 16.1 Å². The van der Waals surface area contributed by atoms with E-state index in [4.69, 9.17) is 4.74 Å². The van der Waals surface area contributed by atoms with Crippen LogP contribution in [0.25, 0.3) is 11.3 Å². The Balaban J connectivity index is 1.89. The van der Waals surface area contributed by atoms with Crippen molar-refractivity contribution in [3.8, 4) is 22.9 Å². The van der Waals surface area contributed by atoms with E-state index < -0.39 is 5.97 Å². The summed E-state index contributed by atoms with van der Waals surface area (Å²) < 4.78 is 11.7. The molecule has 0 atom stereocenters. The van der Waals surface area contributed by atoms with Gasteiger partial charge in [0, 0.05) is 18.3 Å². The first-order valence-corrected chi connectivity index (χ1v) is 7.63. The highest BCUT2D eigenvalue weighted by atomic mass is 16.5. The van der Waals surface area contributed by atoms with E-state index in [9.17, 15) is 9.59 Å². The Labute approximate surface area is 144 Å². The smallest absolute Gasteiger partial charge is 0.325 e. The monoisotopic (exact) mass is 336 g/mol. The minimum atomic E-state index is -0.482. The molecule has 1 aromatic carbocycles. The van der Waals surface area contributed by atoms with Crippen LogP contribution in [0.1, 0.15) is 0 Å². The van der Waals surface area contributed by atoms with Crippen molar-refractivity contribution in [2.75, 3.05) is 7.11 Å². The highest BCUT2D eigenvalue weighted by Crippen LogP contribution is 2.24. The molecular formula is C19H16N2O4. The Kier molecular flexibility index (Phi) is 4.89. The minimum Gasteiger partial charge on any atom is -0.468 e. The number of esters is 1. The second-order valence-electron chi connectivity index (χ2n) is 5.21. The lowest BCUT2D eigenvalue weighted by atomic mass is 10.1. The maximum Gasteiger partial charge on any atom is 0.325 e. The van der Waals surface area contributed by atoms with Gasteiger partial charge in [-0.25, -0.2) is 4.98 Å². The summed E-state index contributed by atoms with van der Waals surface area (Å²) >= 11 is 0. The number of hydrogen-bond donors (Lipinski definition) is 0. The number of nitrogens with zero attached hydrogens (tertiary/aromatic N) is 2. The molecule has 6 nitrogen and oxygen atoms in total. The largest absolute Gasteiger partial charge is 0.468 e. The standard InChI is InChI=1S/C19H16N2O4/c1-24-19(23)13-21-16(5-4-7-18(21)22)14-8-10-15(11-9-14)25-17-6-2-3-12-20-17/h2-12H,13H2,1H3. The van der Waals surface area contributed by atoms with Crippen LogP contribution in [0.15, 0.2) is 71.7 Å². The van der Waals surface area contributed by atoms with Crippen LogP contribution < -0.4 is 10.3 Å². The van der Waals surface area contributed by atoms with Gasteiger partial charge in [0.2, 0.25) is 5.88 Å². The fourth-order valence-electron chi connectivity index (χ4n) is 2.35. The highest BCUT2D eigenvalue weighted by Gasteiger charge is 2.10. The molecule has 0 aliphatic heterocycles. The predicted molar refractivity (Wildman–Crippen MR) is 92.5 cm³/mol. The van der Waals surface area contributed by atoms with E-state index in [2.05, 4.69) is 9.72 Å². The van der Waals surface area contributed by atoms with Crippen LogP contribution >= 0.6 is 0 Å². The molecule has 0 saturated heterocycles. The number of ether oxygens (including phenoxy) is 2. The van der Waals surface area contributed by atoms with E-state index in [0.29, 0.717) is 17.3 Å². The maximum atomic E-state index is 12.1. The molecule has 0 saturated carbocycles. The van der Waals surface area contributed by atoms with Crippen molar-refractivity contribution in [3.05, 3.63) is 77.2 Å². The average molecular weight is 336 g/mol. The number of methoxy groups -OCH3 is 1. The number of benzene rings is 1. The molecule has 0 aliphatic carbocycles. The zero-order valence-corrected chi connectivity index (χ0v) is 13.6. The van der Waals surface area contributed by atoms with Gasteiger partial charge in [0.1, 0.15) is 12.3 Å². The summed E-state index contributed by atoms with van der Waals surface area (Å²) in [4.78, 5) is 27.8. The first-order valence-electron chi connectivity index (χ1n) is 7.63. The Morgan fingerprint density at radius 3 is 2.52 bits per heavy atom. The van der Waals surface area contributed by atoms with Gasteiger partial charge in [0.05, 0.1) is 12.8 Å². The topological polar surface area (TPSA) is 70.4 Å².